The summed E-state index contributed by atoms with van der Waals surface area (Å²) in [5.74, 6) is 0.737. The van der Waals surface area contributed by atoms with Gasteiger partial charge in [-0.25, -0.2) is 4.90 Å². The molecule has 1 fully saturated rings. The molecular weight excluding hydrogens is 326 g/mol. The molecular formula is C18H15NO4S. The lowest BCUT2D eigenvalue weighted by atomic mass is 10.1. The first kappa shape index (κ1) is 16.1. The average molecular weight is 341 g/mol. The zero-order chi connectivity index (χ0) is 17.1. The van der Waals surface area contributed by atoms with E-state index >= 15 is 0 Å². The topological polar surface area (TPSA) is 55.8 Å². The van der Waals surface area contributed by atoms with Crippen LogP contribution in [0.5, 0.6) is 11.5 Å². The van der Waals surface area contributed by atoms with Crippen LogP contribution < -0.4 is 14.4 Å². The molecule has 2 aromatic rings. The molecule has 5 nitrogen and oxygen atoms in total. The van der Waals surface area contributed by atoms with Crippen LogP contribution in [-0.4, -0.2) is 25.4 Å². The van der Waals surface area contributed by atoms with Crippen molar-refractivity contribution in [3.05, 3.63) is 59.0 Å². The molecule has 0 bridgehead atoms. The monoisotopic (exact) mass is 341 g/mol. The van der Waals surface area contributed by atoms with E-state index in [4.69, 9.17) is 9.47 Å². The molecule has 1 aliphatic rings. The first-order chi connectivity index (χ1) is 11.7. The number of ether oxygens (including phenoxy) is 2. The van der Waals surface area contributed by atoms with Crippen molar-refractivity contribution in [2.45, 2.75) is 0 Å². The van der Waals surface area contributed by atoms with Crippen molar-refractivity contribution in [1.29, 1.82) is 0 Å². The van der Waals surface area contributed by atoms with Crippen molar-refractivity contribution >= 4 is 34.7 Å². The lowest BCUT2D eigenvalue weighted by molar-refractivity contribution is -0.113. The maximum Gasteiger partial charge on any atom is 0.298 e. The lowest BCUT2D eigenvalue weighted by Crippen LogP contribution is -2.27. The van der Waals surface area contributed by atoms with Crippen molar-refractivity contribution in [3.63, 3.8) is 0 Å². The normalized spacial score (nSPS) is 15.9. The van der Waals surface area contributed by atoms with Gasteiger partial charge < -0.3 is 9.47 Å². The molecule has 3 rings (SSSR count). The van der Waals surface area contributed by atoms with Crippen LogP contribution >= 0.6 is 11.8 Å². The van der Waals surface area contributed by atoms with E-state index in [-0.39, 0.29) is 11.1 Å². The maximum atomic E-state index is 12.6. The van der Waals surface area contributed by atoms with E-state index in [0.29, 0.717) is 27.7 Å². The Morgan fingerprint density at radius 1 is 0.958 bits per heavy atom. The number of thioether (sulfide) groups is 1. The van der Waals surface area contributed by atoms with Crippen LogP contribution in [-0.2, 0) is 4.79 Å². The summed E-state index contributed by atoms with van der Waals surface area (Å²) < 4.78 is 10.6. The number of methoxy groups -OCH3 is 2. The fraction of sp³-hybridized carbons (Fsp3) is 0.111. The number of para-hydroxylation sites is 2. The predicted molar refractivity (Wildman–Crippen MR) is 94.4 cm³/mol. The van der Waals surface area contributed by atoms with Crippen molar-refractivity contribution in [3.8, 4) is 11.5 Å². The fourth-order valence-corrected chi connectivity index (χ4v) is 3.27. The molecule has 1 aliphatic heterocycles. The smallest absolute Gasteiger partial charge is 0.298 e. The summed E-state index contributed by atoms with van der Waals surface area (Å²) in [6.45, 7) is 0. The lowest BCUT2D eigenvalue weighted by Gasteiger charge is -2.12. The van der Waals surface area contributed by atoms with Gasteiger partial charge in [0.05, 0.1) is 24.8 Å². The molecule has 0 radical (unpaired) electrons. The Balaban J connectivity index is 1.98. The molecule has 122 valence electrons. The van der Waals surface area contributed by atoms with Crippen molar-refractivity contribution in [2.24, 2.45) is 0 Å². The Morgan fingerprint density at radius 3 is 2.38 bits per heavy atom. The quantitative estimate of drug-likeness (QED) is 0.788. The van der Waals surface area contributed by atoms with Gasteiger partial charge in [-0.05, 0) is 36.0 Å². The van der Waals surface area contributed by atoms with Crippen molar-refractivity contribution < 1.29 is 19.1 Å². The van der Waals surface area contributed by atoms with Gasteiger partial charge in [0.1, 0.15) is 0 Å². The second-order valence-corrected chi connectivity index (χ2v) is 5.93. The maximum absolute atomic E-state index is 12.6. The zero-order valence-corrected chi connectivity index (χ0v) is 14.0. The number of carbonyl (C=O) groups is 2. The van der Waals surface area contributed by atoms with E-state index in [1.54, 1.807) is 55.7 Å². The second-order valence-electron chi connectivity index (χ2n) is 4.94. The highest BCUT2D eigenvalue weighted by Gasteiger charge is 2.36. The highest BCUT2D eigenvalue weighted by atomic mass is 32.2. The number of rotatable bonds is 4. The van der Waals surface area contributed by atoms with Gasteiger partial charge in [-0.2, -0.15) is 0 Å². The number of imide groups is 1. The summed E-state index contributed by atoms with van der Waals surface area (Å²) in [7, 11) is 3.08. The number of nitrogens with zero attached hydrogens (tertiary/aromatic N) is 1. The molecule has 1 saturated heterocycles. The van der Waals surface area contributed by atoms with E-state index in [2.05, 4.69) is 0 Å². The van der Waals surface area contributed by atoms with Gasteiger partial charge in [-0.3, -0.25) is 9.59 Å². The Morgan fingerprint density at radius 2 is 1.71 bits per heavy atom. The summed E-state index contributed by atoms with van der Waals surface area (Å²) in [5, 5.41) is -0.320. The van der Waals surface area contributed by atoms with Crippen LogP contribution in [0.2, 0.25) is 0 Å². The highest BCUT2D eigenvalue weighted by molar-refractivity contribution is 8.19. The first-order valence-corrected chi connectivity index (χ1v) is 8.01. The molecule has 0 atom stereocenters. The Hall–Kier alpha value is -2.73. The van der Waals surface area contributed by atoms with Crippen molar-refractivity contribution in [1.82, 2.24) is 0 Å². The third kappa shape index (κ3) is 2.88. The molecule has 0 aromatic heterocycles. The highest BCUT2D eigenvalue weighted by Crippen LogP contribution is 2.38. The van der Waals surface area contributed by atoms with Crippen LogP contribution in [0.4, 0.5) is 10.5 Å². The van der Waals surface area contributed by atoms with Crippen LogP contribution in [0.25, 0.3) is 6.08 Å². The molecule has 0 saturated carbocycles. The van der Waals surface area contributed by atoms with Gasteiger partial charge in [0.2, 0.25) is 0 Å². The third-order valence-corrected chi connectivity index (χ3v) is 4.40. The number of carbonyl (C=O) groups excluding carboxylic acids is 2. The van der Waals surface area contributed by atoms with Crippen LogP contribution in [0.15, 0.2) is 53.4 Å². The molecule has 0 aliphatic carbocycles. The minimum absolute atomic E-state index is 0.320. The minimum atomic E-state index is -0.346. The number of benzene rings is 2. The second kappa shape index (κ2) is 6.80. The van der Waals surface area contributed by atoms with E-state index in [1.165, 1.54) is 12.0 Å². The standard InChI is InChI=1S/C18H15NO4S/c1-22-14-10-6-7-12(16(14)23-2)11-15-17(20)19(18(21)24-15)13-8-4-3-5-9-13/h3-11H,1-2H3/b15-11-. The van der Waals surface area contributed by atoms with Gasteiger partial charge in [0.25, 0.3) is 11.1 Å². The summed E-state index contributed by atoms with van der Waals surface area (Å²) in [4.78, 5) is 26.4. The van der Waals surface area contributed by atoms with Crippen LogP contribution in [0.1, 0.15) is 5.56 Å². The van der Waals surface area contributed by atoms with E-state index < -0.39 is 0 Å². The SMILES string of the molecule is COc1cccc(/C=C2\SC(=O)N(c3ccccc3)C2=O)c1OC. The molecule has 0 N–H and O–H groups in total. The van der Waals surface area contributed by atoms with E-state index in [1.807, 2.05) is 6.07 Å². The fourth-order valence-electron chi connectivity index (χ4n) is 2.43. The minimum Gasteiger partial charge on any atom is -0.493 e. The number of anilines is 1. The molecule has 2 amide bonds. The predicted octanol–water partition coefficient (Wildman–Crippen LogP) is 3.94. The number of amides is 2. The molecule has 2 aromatic carbocycles. The van der Waals surface area contributed by atoms with Crippen LogP contribution in [0, 0.1) is 0 Å². The molecule has 6 heteroatoms. The number of hydrogen-bond donors (Lipinski definition) is 0. The Kier molecular flexibility index (Phi) is 4.57. The average Bonchev–Trinajstić information content (AvgIpc) is 2.89. The molecule has 0 spiro atoms. The summed E-state index contributed by atoms with van der Waals surface area (Å²) in [5.41, 5.74) is 1.23. The van der Waals surface area contributed by atoms with E-state index in [0.717, 1.165) is 11.8 Å². The summed E-state index contributed by atoms with van der Waals surface area (Å²) >= 11 is 0.906. The largest absolute Gasteiger partial charge is 0.493 e. The summed E-state index contributed by atoms with van der Waals surface area (Å²) in [6, 6.07) is 14.2. The number of hydrogen-bond acceptors (Lipinski definition) is 5. The van der Waals surface area contributed by atoms with Crippen molar-refractivity contribution in [2.75, 3.05) is 19.1 Å². The van der Waals surface area contributed by atoms with Gasteiger partial charge in [0.15, 0.2) is 11.5 Å². The summed E-state index contributed by atoms with van der Waals surface area (Å²) in [6.07, 6.45) is 1.65. The Labute approximate surface area is 143 Å². The van der Waals surface area contributed by atoms with Gasteiger partial charge in [-0.1, -0.05) is 30.3 Å². The molecule has 24 heavy (non-hydrogen) atoms. The van der Waals surface area contributed by atoms with Gasteiger partial charge in [0, 0.05) is 5.56 Å². The molecule has 0 unspecified atom stereocenters. The van der Waals surface area contributed by atoms with Gasteiger partial charge >= 0.3 is 0 Å². The first-order valence-electron chi connectivity index (χ1n) is 7.19. The zero-order valence-electron chi connectivity index (χ0n) is 13.2. The van der Waals surface area contributed by atoms with E-state index in [9.17, 15) is 9.59 Å². The Bertz CT molecular complexity index is 817. The van der Waals surface area contributed by atoms with Crippen LogP contribution in [0.3, 0.4) is 0 Å². The third-order valence-electron chi connectivity index (χ3n) is 3.53. The molecule has 1 heterocycles. The van der Waals surface area contributed by atoms with Gasteiger partial charge in [-0.15, -0.1) is 0 Å².